The molecule has 0 bridgehead atoms. The molecule has 0 saturated heterocycles. The molecule has 1 heterocycles. The summed E-state index contributed by atoms with van der Waals surface area (Å²) in [7, 11) is 4.04. The van der Waals surface area contributed by atoms with Crippen molar-refractivity contribution in [3.05, 3.63) is 65.7 Å². The third-order valence-corrected chi connectivity index (χ3v) is 4.13. The molecule has 1 unspecified atom stereocenters. The molecule has 3 rings (SSSR count). The van der Waals surface area contributed by atoms with E-state index in [-0.39, 0.29) is 11.9 Å². The van der Waals surface area contributed by atoms with Crippen molar-refractivity contribution >= 4 is 17.3 Å². The number of fused-ring (bicyclic) bond motifs is 1. The van der Waals surface area contributed by atoms with E-state index < -0.39 is 0 Å². The Labute approximate surface area is 136 Å². The molecular formula is C19H21N3O. The van der Waals surface area contributed by atoms with Gasteiger partial charge in [0.2, 0.25) is 0 Å². The third-order valence-electron chi connectivity index (χ3n) is 4.13. The van der Waals surface area contributed by atoms with E-state index in [1.165, 1.54) is 5.56 Å². The Morgan fingerprint density at radius 1 is 1.13 bits per heavy atom. The van der Waals surface area contributed by atoms with Gasteiger partial charge in [-0.25, -0.2) is 4.99 Å². The van der Waals surface area contributed by atoms with Crippen LogP contribution in [-0.4, -0.2) is 37.2 Å². The van der Waals surface area contributed by atoms with E-state index in [4.69, 9.17) is 0 Å². The maximum Gasteiger partial charge on any atom is 0.266 e. The van der Waals surface area contributed by atoms with E-state index in [1.807, 2.05) is 56.6 Å². The molecule has 0 aromatic heterocycles. The van der Waals surface area contributed by atoms with E-state index in [0.717, 1.165) is 11.3 Å². The predicted molar refractivity (Wildman–Crippen MR) is 93.1 cm³/mol. The zero-order valence-corrected chi connectivity index (χ0v) is 13.5. The van der Waals surface area contributed by atoms with Crippen LogP contribution in [0.3, 0.4) is 0 Å². The van der Waals surface area contributed by atoms with Crippen molar-refractivity contribution < 1.29 is 4.79 Å². The highest BCUT2D eigenvalue weighted by Gasteiger charge is 2.21. The Balaban J connectivity index is 1.65. The molecule has 118 valence electrons. The first-order chi connectivity index (χ1) is 11.1. The Bertz CT molecular complexity index is 722. The second-order valence-electron chi connectivity index (χ2n) is 5.96. The van der Waals surface area contributed by atoms with Gasteiger partial charge in [-0.05, 0) is 31.3 Å². The molecule has 1 aliphatic rings. The van der Waals surface area contributed by atoms with Gasteiger partial charge in [0.05, 0.1) is 11.7 Å². The van der Waals surface area contributed by atoms with Crippen LogP contribution in [0.4, 0.5) is 5.69 Å². The van der Waals surface area contributed by atoms with Crippen LogP contribution in [0.1, 0.15) is 17.2 Å². The number of carbonyl (C=O) groups excluding carboxylic acids is 1. The Morgan fingerprint density at radius 2 is 1.83 bits per heavy atom. The van der Waals surface area contributed by atoms with Crippen LogP contribution in [0.15, 0.2) is 59.6 Å². The van der Waals surface area contributed by atoms with Crippen LogP contribution < -0.4 is 5.32 Å². The van der Waals surface area contributed by atoms with E-state index in [2.05, 4.69) is 27.3 Å². The molecule has 0 saturated carbocycles. The summed E-state index contributed by atoms with van der Waals surface area (Å²) >= 11 is 0. The van der Waals surface area contributed by atoms with Gasteiger partial charge in [0.25, 0.3) is 5.91 Å². The predicted octanol–water partition coefficient (Wildman–Crippen LogP) is 2.73. The van der Waals surface area contributed by atoms with Crippen LogP contribution in [-0.2, 0) is 11.2 Å². The molecule has 0 spiro atoms. The van der Waals surface area contributed by atoms with E-state index in [1.54, 1.807) is 0 Å². The Hall–Kier alpha value is -2.46. The van der Waals surface area contributed by atoms with Crippen molar-refractivity contribution in [1.29, 1.82) is 0 Å². The third kappa shape index (κ3) is 3.48. The highest BCUT2D eigenvalue weighted by molar-refractivity contribution is 6.40. The SMILES string of the molecule is CN(C)C(CNC(=O)C1=Nc2ccccc2C1)c1ccccc1. The molecule has 1 aliphatic heterocycles. The molecule has 4 nitrogen and oxygen atoms in total. The lowest BCUT2D eigenvalue weighted by Gasteiger charge is -2.25. The lowest BCUT2D eigenvalue weighted by molar-refractivity contribution is -0.115. The van der Waals surface area contributed by atoms with Crippen molar-refractivity contribution in [3.8, 4) is 0 Å². The molecule has 1 amide bonds. The fraction of sp³-hybridized carbons (Fsp3) is 0.263. The van der Waals surface area contributed by atoms with Crippen molar-refractivity contribution in [2.24, 2.45) is 4.99 Å². The molecule has 2 aromatic carbocycles. The van der Waals surface area contributed by atoms with Gasteiger partial charge in [0.15, 0.2) is 0 Å². The maximum absolute atomic E-state index is 12.4. The zero-order chi connectivity index (χ0) is 16.2. The van der Waals surface area contributed by atoms with Crippen molar-refractivity contribution in [2.45, 2.75) is 12.5 Å². The second kappa shape index (κ2) is 6.75. The number of nitrogens with one attached hydrogen (secondary N) is 1. The first-order valence-corrected chi connectivity index (χ1v) is 7.80. The van der Waals surface area contributed by atoms with Gasteiger partial charge >= 0.3 is 0 Å². The van der Waals surface area contributed by atoms with Crippen molar-refractivity contribution in [3.63, 3.8) is 0 Å². The fourth-order valence-corrected chi connectivity index (χ4v) is 2.83. The highest BCUT2D eigenvalue weighted by atomic mass is 16.1. The van der Waals surface area contributed by atoms with Crippen molar-refractivity contribution in [1.82, 2.24) is 10.2 Å². The summed E-state index contributed by atoms with van der Waals surface area (Å²) in [4.78, 5) is 19.0. The van der Waals surface area contributed by atoms with E-state index >= 15 is 0 Å². The number of nitrogens with zero attached hydrogens (tertiary/aromatic N) is 2. The summed E-state index contributed by atoms with van der Waals surface area (Å²) in [6, 6.07) is 18.2. The van der Waals surface area contributed by atoms with Crippen LogP contribution in [0.25, 0.3) is 0 Å². The average Bonchev–Trinajstić information content (AvgIpc) is 2.99. The summed E-state index contributed by atoms with van der Waals surface area (Å²) in [6.07, 6.45) is 0.611. The monoisotopic (exact) mass is 307 g/mol. The molecule has 2 aromatic rings. The largest absolute Gasteiger partial charge is 0.349 e. The van der Waals surface area contributed by atoms with E-state index in [0.29, 0.717) is 18.7 Å². The van der Waals surface area contributed by atoms with Gasteiger partial charge < -0.3 is 10.2 Å². The minimum atomic E-state index is -0.0796. The molecule has 0 radical (unpaired) electrons. The molecule has 4 heteroatoms. The number of rotatable bonds is 5. The normalized spacial score (nSPS) is 14.3. The number of amides is 1. The van der Waals surface area contributed by atoms with Crippen molar-refractivity contribution in [2.75, 3.05) is 20.6 Å². The quantitative estimate of drug-likeness (QED) is 0.923. The summed E-state index contributed by atoms with van der Waals surface area (Å²) in [5.74, 6) is -0.0796. The highest BCUT2D eigenvalue weighted by Crippen LogP contribution is 2.26. The van der Waals surface area contributed by atoms with Crippen LogP contribution in [0.2, 0.25) is 0 Å². The number of para-hydroxylation sites is 1. The fourth-order valence-electron chi connectivity index (χ4n) is 2.83. The number of benzene rings is 2. The minimum absolute atomic E-state index is 0.0796. The average molecular weight is 307 g/mol. The summed E-state index contributed by atoms with van der Waals surface area (Å²) in [5, 5.41) is 3.03. The first kappa shape index (κ1) is 15.4. The van der Waals surface area contributed by atoms with Crippen LogP contribution in [0, 0.1) is 0 Å². The molecule has 23 heavy (non-hydrogen) atoms. The Kier molecular flexibility index (Phi) is 4.53. The minimum Gasteiger partial charge on any atom is -0.349 e. The molecule has 0 aliphatic carbocycles. The number of likely N-dealkylation sites (N-methyl/N-ethyl adjacent to an activating group) is 1. The molecule has 1 atom stereocenters. The van der Waals surface area contributed by atoms with E-state index in [9.17, 15) is 4.79 Å². The van der Waals surface area contributed by atoms with Gasteiger partial charge in [-0.15, -0.1) is 0 Å². The van der Waals surface area contributed by atoms with Gasteiger partial charge in [-0.3, -0.25) is 4.79 Å². The van der Waals surface area contributed by atoms with Crippen LogP contribution >= 0.6 is 0 Å². The first-order valence-electron chi connectivity index (χ1n) is 7.80. The summed E-state index contributed by atoms with van der Waals surface area (Å²) in [6.45, 7) is 0.561. The molecular weight excluding hydrogens is 286 g/mol. The van der Waals surface area contributed by atoms with Gasteiger partial charge in [0.1, 0.15) is 5.71 Å². The molecule has 1 N–H and O–H groups in total. The summed E-state index contributed by atoms with van der Waals surface area (Å²) in [5.41, 5.74) is 3.81. The topological polar surface area (TPSA) is 44.7 Å². The van der Waals surface area contributed by atoms with Gasteiger partial charge in [0, 0.05) is 13.0 Å². The number of hydrogen-bond acceptors (Lipinski definition) is 3. The van der Waals surface area contributed by atoms with Gasteiger partial charge in [-0.2, -0.15) is 0 Å². The standard InChI is InChI=1S/C19H21N3O/c1-22(2)18(14-8-4-3-5-9-14)13-20-19(23)17-12-15-10-6-7-11-16(15)21-17/h3-11,18H,12-13H2,1-2H3,(H,20,23). The maximum atomic E-state index is 12.4. The van der Waals surface area contributed by atoms with Gasteiger partial charge in [-0.1, -0.05) is 48.5 Å². The molecule has 0 fully saturated rings. The lowest BCUT2D eigenvalue weighted by Crippen LogP contribution is -2.38. The van der Waals surface area contributed by atoms with Crippen LogP contribution in [0.5, 0.6) is 0 Å². The Morgan fingerprint density at radius 3 is 2.52 bits per heavy atom. The number of aliphatic imine (C=N–C) groups is 1. The second-order valence-corrected chi connectivity index (χ2v) is 5.96. The lowest BCUT2D eigenvalue weighted by atomic mass is 10.1. The zero-order valence-electron chi connectivity index (χ0n) is 13.5. The smallest absolute Gasteiger partial charge is 0.266 e. The summed E-state index contributed by atoms with van der Waals surface area (Å²) < 4.78 is 0. The number of carbonyl (C=O) groups is 1. The number of hydrogen-bond donors (Lipinski definition) is 1.